The second-order valence-electron chi connectivity index (χ2n) is 6.82. The Hall–Kier alpha value is -2.54. The van der Waals surface area contributed by atoms with Crippen LogP contribution in [-0.2, 0) is 25.5 Å². The Morgan fingerprint density at radius 2 is 1.81 bits per heavy atom. The fourth-order valence-corrected chi connectivity index (χ4v) is 2.66. The molecule has 2 rings (SSSR count). The Labute approximate surface area is 151 Å². The van der Waals surface area contributed by atoms with Crippen LogP contribution in [0.3, 0.4) is 0 Å². The van der Waals surface area contributed by atoms with Crippen LogP contribution in [0.25, 0.3) is 0 Å². The Kier molecular flexibility index (Phi) is 6.26. The molecule has 142 valence electrons. The van der Waals surface area contributed by atoms with Gasteiger partial charge in [-0.1, -0.05) is 38.1 Å². The zero-order valence-electron chi connectivity index (χ0n) is 15.0. The van der Waals surface area contributed by atoms with Crippen molar-refractivity contribution in [1.82, 2.24) is 0 Å². The molecule has 1 aliphatic rings. The quantitative estimate of drug-likeness (QED) is 0.635. The molecular formula is C19H24O7. The van der Waals surface area contributed by atoms with E-state index >= 15 is 0 Å². The van der Waals surface area contributed by atoms with Gasteiger partial charge >= 0.3 is 11.9 Å². The highest BCUT2D eigenvalue weighted by molar-refractivity contribution is 5.89. The van der Waals surface area contributed by atoms with E-state index < -0.39 is 48.2 Å². The first kappa shape index (κ1) is 19.8. The van der Waals surface area contributed by atoms with Gasteiger partial charge in [-0.15, -0.1) is 0 Å². The molecule has 0 spiro atoms. The standard InChI is InChI=1S/C19H24O7/c1-10(2)8-12-4-6-13(7-5-12)11(3)18(23)25-9-14(20)17-15(21)16(22)19(24)26-17/h4-7,10-11,14,17,20-22H,8-9H2,1-3H3/t11-,14-,17+/m0/s1. The van der Waals surface area contributed by atoms with Crippen LogP contribution in [0.5, 0.6) is 0 Å². The number of benzene rings is 1. The smallest absolute Gasteiger partial charge is 0.377 e. The molecule has 0 fully saturated rings. The maximum Gasteiger partial charge on any atom is 0.377 e. The number of hydrogen-bond acceptors (Lipinski definition) is 7. The van der Waals surface area contributed by atoms with E-state index in [-0.39, 0.29) is 0 Å². The van der Waals surface area contributed by atoms with Crippen molar-refractivity contribution in [2.45, 2.75) is 45.3 Å². The molecule has 0 aromatic heterocycles. The van der Waals surface area contributed by atoms with Crippen molar-refractivity contribution < 1.29 is 34.4 Å². The summed E-state index contributed by atoms with van der Waals surface area (Å²) in [5.74, 6) is -3.41. The molecule has 0 amide bonds. The molecule has 26 heavy (non-hydrogen) atoms. The third-order valence-corrected chi connectivity index (χ3v) is 4.16. The van der Waals surface area contributed by atoms with Gasteiger partial charge < -0.3 is 24.8 Å². The van der Waals surface area contributed by atoms with E-state index in [9.17, 15) is 24.9 Å². The lowest BCUT2D eigenvalue weighted by Gasteiger charge is -2.19. The second-order valence-corrected chi connectivity index (χ2v) is 6.82. The van der Waals surface area contributed by atoms with Crippen molar-refractivity contribution in [2.75, 3.05) is 6.61 Å². The highest BCUT2D eigenvalue weighted by Gasteiger charge is 2.39. The molecule has 1 aliphatic heterocycles. The number of ether oxygens (including phenoxy) is 2. The van der Waals surface area contributed by atoms with Crippen LogP contribution < -0.4 is 0 Å². The van der Waals surface area contributed by atoms with Gasteiger partial charge in [0.1, 0.15) is 12.7 Å². The Balaban J connectivity index is 1.90. The minimum absolute atomic E-state index is 0.482. The Bertz CT molecular complexity index is 690. The zero-order valence-corrected chi connectivity index (χ0v) is 15.0. The number of esters is 2. The topological polar surface area (TPSA) is 113 Å². The van der Waals surface area contributed by atoms with E-state index in [1.54, 1.807) is 6.92 Å². The van der Waals surface area contributed by atoms with Crippen LogP contribution in [0.2, 0.25) is 0 Å². The van der Waals surface area contributed by atoms with Crippen molar-refractivity contribution in [2.24, 2.45) is 5.92 Å². The maximum absolute atomic E-state index is 12.2. The maximum atomic E-state index is 12.2. The van der Waals surface area contributed by atoms with Gasteiger partial charge in [-0.3, -0.25) is 4.79 Å². The highest BCUT2D eigenvalue weighted by atomic mass is 16.6. The van der Waals surface area contributed by atoms with Gasteiger partial charge in [0.25, 0.3) is 0 Å². The van der Waals surface area contributed by atoms with Gasteiger partial charge in [0.2, 0.25) is 5.76 Å². The molecule has 1 aromatic rings. The molecule has 1 aromatic carbocycles. The average molecular weight is 364 g/mol. The molecule has 0 aliphatic carbocycles. The highest BCUT2D eigenvalue weighted by Crippen LogP contribution is 2.23. The monoisotopic (exact) mass is 364 g/mol. The molecule has 0 unspecified atom stereocenters. The lowest BCUT2D eigenvalue weighted by molar-refractivity contribution is -0.155. The summed E-state index contributed by atoms with van der Waals surface area (Å²) in [6.07, 6.45) is -1.97. The third kappa shape index (κ3) is 4.54. The number of carbonyl (C=O) groups is 2. The molecule has 3 atom stereocenters. The van der Waals surface area contributed by atoms with Crippen LogP contribution in [0.15, 0.2) is 35.8 Å². The predicted octanol–water partition coefficient (Wildman–Crippen LogP) is 2.15. The van der Waals surface area contributed by atoms with E-state index in [0.29, 0.717) is 5.92 Å². The molecular weight excluding hydrogens is 340 g/mol. The predicted molar refractivity (Wildman–Crippen MR) is 92.5 cm³/mol. The molecule has 0 bridgehead atoms. The average Bonchev–Trinajstić information content (AvgIpc) is 2.86. The first-order chi connectivity index (χ1) is 12.2. The number of hydrogen-bond donors (Lipinski definition) is 3. The fraction of sp³-hybridized carbons (Fsp3) is 0.474. The number of carbonyl (C=O) groups excluding carboxylic acids is 2. The largest absolute Gasteiger partial charge is 0.505 e. The van der Waals surface area contributed by atoms with Gasteiger partial charge in [-0.25, -0.2) is 4.79 Å². The summed E-state index contributed by atoms with van der Waals surface area (Å²) in [4.78, 5) is 23.3. The first-order valence-corrected chi connectivity index (χ1v) is 8.47. The van der Waals surface area contributed by atoms with Crippen molar-refractivity contribution >= 4 is 11.9 Å². The second kappa shape index (κ2) is 8.23. The summed E-state index contributed by atoms with van der Waals surface area (Å²) in [5, 5.41) is 28.7. The van der Waals surface area contributed by atoms with E-state index in [2.05, 4.69) is 18.6 Å². The van der Waals surface area contributed by atoms with Gasteiger partial charge in [0.05, 0.1) is 5.92 Å². The number of cyclic esters (lactones) is 1. The van der Waals surface area contributed by atoms with Crippen LogP contribution in [0.1, 0.15) is 37.8 Å². The SMILES string of the molecule is CC(C)Cc1ccc([C@H](C)C(=O)OC[C@H](O)[C@H]2OC(=O)C(O)=C2O)cc1. The van der Waals surface area contributed by atoms with Crippen LogP contribution in [0.4, 0.5) is 0 Å². The van der Waals surface area contributed by atoms with Gasteiger partial charge in [-0.2, -0.15) is 0 Å². The van der Waals surface area contributed by atoms with E-state index in [0.717, 1.165) is 12.0 Å². The summed E-state index contributed by atoms with van der Waals surface area (Å²) in [6.45, 7) is 5.47. The molecule has 0 saturated carbocycles. The Morgan fingerprint density at radius 1 is 1.19 bits per heavy atom. The fourth-order valence-electron chi connectivity index (χ4n) is 2.66. The molecule has 7 nitrogen and oxygen atoms in total. The minimum Gasteiger partial charge on any atom is -0.505 e. The number of aliphatic hydroxyl groups excluding tert-OH is 3. The van der Waals surface area contributed by atoms with Crippen LogP contribution in [-0.4, -0.2) is 46.1 Å². The van der Waals surface area contributed by atoms with Gasteiger partial charge in [0, 0.05) is 0 Å². The molecule has 0 saturated heterocycles. The first-order valence-electron chi connectivity index (χ1n) is 8.47. The number of rotatable bonds is 7. The van der Waals surface area contributed by atoms with Crippen molar-refractivity contribution in [3.8, 4) is 0 Å². The number of aliphatic hydroxyl groups is 3. The van der Waals surface area contributed by atoms with Gasteiger partial charge in [-0.05, 0) is 30.4 Å². The van der Waals surface area contributed by atoms with Crippen LogP contribution >= 0.6 is 0 Å². The van der Waals surface area contributed by atoms with E-state index in [4.69, 9.17) is 4.74 Å². The van der Waals surface area contributed by atoms with Gasteiger partial charge in [0.15, 0.2) is 11.9 Å². The zero-order chi connectivity index (χ0) is 19.4. The minimum atomic E-state index is -1.48. The van der Waals surface area contributed by atoms with Crippen molar-refractivity contribution in [3.63, 3.8) is 0 Å². The lowest BCUT2D eigenvalue weighted by atomic mass is 9.97. The lowest BCUT2D eigenvalue weighted by Crippen LogP contribution is -2.34. The normalized spacial score (nSPS) is 19.4. The summed E-state index contributed by atoms with van der Waals surface area (Å²) in [6, 6.07) is 7.67. The molecule has 7 heteroatoms. The summed E-state index contributed by atoms with van der Waals surface area (Å²) < 4.78 is 9.67. The van der Waals surface area contributed by atoms with Crippen LogP contribution in [0, 0.1) is 5.92 Å². The Morgan fingerprint density at radius 3 is 2.31 bits per heavy atom. The van der Waals surface area contributed by atoms with Crippen molar-refractivity contribution in [1.29, 1.82) is 0 Å². The molecule has 1 heterocycles. The third-order valence-electron chi connectivity index (χ3n) is 4.16. The molecule has 0 radical (unpaired) electrons. The molecule has 3 N–H and O–H groups in total. The van der Waals surface area contributed by atoms with Crippen molar-refractivity contribution in [3.05, 3.63) is 46.9 Å². The summed E-state index contributed by atoms with van der Waals surface area (Å²) in [7, 11) is 0. The summed E-state index contributed by atoms with van der Waals surface area (Å²) >= 11 is 0. The van der Waals surface area contributed by atoms with E-state index in [1.165, 1.54) is 5.56 Å². The summed E-state index contributed by atoms with van der Waals surface area (Å²) in [5.41, 5.74) is 1.97. The van der Waals surface area contributed by atoms with E-state index in [1.807, 2.05) is 24.3 Å².